The molecule has 4 nitrogen and oxygen atoms in total. The lowest BCUT2D eigenvalue weighted by atomic mass is 10.0. The fourth-order valence-corrected chi connectivity index (χ4v) is 2.36. The van der Waals surface area contributed by atoms with Gasteiger partial charge in [-0.25, -0.2) is 4.79 Å². The summed E-state index contributed by atoms with van der Waals surface area (Å²) >= 11 is 0. The van der Waals surface area contributed by atoms with Gasteiger partial charge < -0.3 is 14.8 Å². The molecule has 23 heavy (non-hydrogen) atoms. The molecule has 0 aliphatic carbocycles. The summed E-state index contributed by atoms with van der Waals surface area (Å²) in [5.41, 5.74) is 1.90. The molecule has 0 amide bonds. The summed E-state index contributed by atoms with van der Waals surface area (Å²) in [4.78, 5) is 13.9. The highest BCUT2D eigenvalue weighted by Crippen LogP contribution is 2.32. The Labute approximate surface area is 128 Å². The molecular formula is C16H10F3NO3. The van der Waals surface area contributed by atoms with Crippen molar-refractivity contribution in [2.45, 2.75) is 6.36 Å². The summed E-state index contributed by atoms with van der Waals surface area (Å²) in [5.74, 6) is -1.37. The van der Waals surface area contributed by atoms with Crippen molar-refractivity contribution >= 4 is 16.9 Å². The van der Waals surface area contributed by atoms with E-state index >= 15 is 0 Å². The van der Waals surface area contributed by atoms with Crippen LogP contribution in [0, 0.1) is 0 Å². The van der Waals surface area contributed by atoms with Gasteiger partial charge in [0.2, 0.25) is 0 Å². The van der Waals surface area contributed by atoms with Crippen LogP contribution in [0.5, 0.6) is 5.75 Å². The number of benzene rings is 2. The summed E-state index contributed by atoms with van der Waals surface area (Å²) in [6.07, 6.45) is -3.14. The first-order chi connectivity index (χ1) is 10.8. The monoisotopic (exact) mass is 321 g/mol. The Morgan fingerprint density at radius 1 is 1.13 bits per heavy atom. The number of carbonyl (C=O) groups is 1. The van der Waals surface area contributed by atoms with Crippen molar-refractivity contribution in [1.82, 2.24) is 4.98 Å². The Balaban J connectivity index is 2.03. The molecule has 0 aliphatic rings. The first-order valence-corrected chi connectivity index (χ1v) is 6.54. The molecule has 0 spiro atoms. The standard InChI is InChI=1S/C16H10F3NO3/c17-16(18,19)23-11-3-1-2-9(6-11)13-8-20-14-7-10(15(21)22)4-5-12(13)14/h1-8,20H,(H,21,22). The van der Waals surface area contributed by atoms with Gasteiger partial charge in [0.25, 0.3) is 0 Å². The van der Waals surface area contributed by atoms with Crippen LogP contribution in [-0.2, 0) is 0 Å². The van der Waals surface area contributed by atoms with E-state index in [9.17, 15) is 18.0 Å². The second kappa shape index (κ2) is 5.35. The fraction of sp³-hybridized carbons (Fsp3) is 0.0625. The highest BCUT2D eigenvalue weighted by atomic mass is 19.4. The number of hydrogen-bond donors (Lipinski definition) is 2. The van der Waals surface area contributed by atoms with Crippen LogP contribution in [0.15, 0.2) is 48.7 Å². The van der Waals surface area contributed by atoms with Gasteiger partial charge in [0.15, 0.2) is 0 Å². The molecule has 3 rings (SSSR count). The smallest absolute Gasteiger partial charge is 0.478 e. The Morgan fingerprint density at radius 3 is 2.61 bits per heavy atom. The molecule has 1 aromatic heterocycles. The lowest BCUT2D eigenvalue weighted by Crippen LogP contribution is -2.17. The minimum Gasteiger partial charge on any atom is -0.478 e. The summed E-state index contributed by atoms with van der Waals surface area (Å²) < 4.78 is 40.8. The molecule has 3 aromatic rings. The second-order valence-electron chi connectivity index (χ2n) is 4.84. The van der Waals surface area contributed by atoms with Crippen LogP contribution in [0.25, 0.3) is 22.0 Å². The number of carboxylic acids is 1. The molecular weight excluding hydrogens is 311 g/mol. The van der Waals surface area contributed by atoms with Gasteiger partial charge in [-0.2, -0.15) is 0 Å². The topological polar surface area (TPSA) is 62.3 Å². The third-order valence-corrected chi connectivity index (χ3v) is 3.31. The molecule has 0 saturated heterocycles. The lowest BCUT2D eigenvalue weighted by Gasteiger charge is -2.09. The van der Waals surface area contributed by atoms with Crippen LogP contribution in [0.1, 0.15) is 10.4 Å². The molecule has 0 saturated carbocycles. The first kappa shape index (κ1) is 15.0. The molecule has 0 fully saturated rings. The number of carboxylic acid groups (broad SMARTS) is 1. The number of hydrogen-bond acceptors (Lipinski definition) is 2. The number of fused-ring (bicyclic) bond motifs is 1. The zero-order valence-corrected chi connectivity index (χ0v) is 11.5. The number of aromatic nitrogens is 1. The molecule has 7 heteroatoms. The van der Waals surface area contributed by atoms with Gasteiger partial charge in [-0.1, -0.05) is 18.2 Å². The Hall–Kier alpha value is -2.96. The van der Waals surface area contributed by atoms with Gasteiger partial charge in [0.1, 0.15) is 5.75 Å². The molecule has 0 radical (unpaired) electrons. The van der Waals surface area contributed by atoms with Crippen molar-refractivity contribution in [3.05, 3.63) is 54.2 Å². The van der Waals surface area contributed by atoms with E-state index in [4.69, 9.17) is 5.11 Å². The van der Waals surface area contributed by atoms with Crippen molar-refractivity contribution in [1.29, 1.82) is 0 Å². The molecule has 0 aliphatic heterocycles. The van der Waals surface area contributed by atoms with E-state index in [0.29, 0.717) is 22.0 Å². The minimum absolute atomic E-state index is 0.125. The molecule has 1 heterocycles. The van der Waals surface area contributed by atoms with Gasteiger partial charge in [-0.05, 0) is 29.8 Å². The maximum absolute atomic E-state index is 12.3. The van der Waals surface area contributed by atoms with Gasteiger partial charge >= 0.3 is 12.3 Å². The van der Waals surface area contributed by atoms with Gasteiger partial charge in [-0.15, -0.1) is 13.2 Å². The quantitative estimate of drug-likeness (QED) is 0.750. The molecule has 0 bridgehead atoms. The predicted molar refractivity (Wildman–Crippen MR) is 77.4 cm³/mol. The predicted octanol–water partition coefficient (Wildman–Crippen LogP) is 4.43. The number of alkyl halides is 3. The summed E-state index contributed by atoms with van der Waals surface area (Å²) in [6, 6.07) is 10.1. The Morgan fingerprint density at radius 2 is 1.91 bits per heavy atom. The highest BCUT2D eigenvalue weighted by Gasteiger charge is 2.31. The van der Waals surface area contributed by atoms with Crippen LogP contribution in [-0.4, -0.2) is 22.4 Å². The Kier molecular flexibility index (Phi) is 3.48. The summed E-state index contributed by atoms with van der Waals surface area (Å²) in [7, 11) is 0. The number of aromatic carboxylic acids is 1. The van der Waals surface area contributed by atoms with E-state index in [-0.39, 0.29) is 11.3 Å². The van der Waals surface area contributed by atoms with Crippen molar-refractivity contribution < 1.29 is 27.8 Å². The van der Waals surface area contributed by atoms with Gasteiger partial charge in [0, 0.05) is 22.7 Å². The van der Waals surface area contributed by atoms with Crippen molar-refractivity contribution in [3.63, 3.8) is 0 Å². The van der Waals surface area contributed by atoms with E-state index in [2.05, 4.69) is 9.72 Å². The normalized spacial score (nSPS) is 11.6. The summed E-state index contributed by atoms with van der Waals surface area (Å²) in [5, 5.41) is 9.68. The van der Waals surface area contributed by atoms with Crippen molar-refractivity contribution in [2.75, 3.05) is 0 Å². The number of rotatable bonds is 3. The fourth-order valence-electron chi connectivity index (χ4n) is 2.36. The highest BCUT2D eigenvalue weighted by molar-refractivity contribution is 5.99. The average Bonchev–Trinajstić information content (AvgIpc) is 2.88. The molecule has 2 aromatic carbocycles. The van der Waals surface area contributed by atoms with Crippen LogP contribution < -0.4 is 4.74 Å². The number of H-pyrrole nitrogens is 1. The van der Waals surface area contributed by atoms with E-state index < -0.39 is 12.3 Å². The number of ether oxygens (including phenoxy) is 1. The second-order valence-corrected chi connectivity index (χ2v) is 4.84. The van der Waals surface area contributed by atoms with Crippen LogP contribution in [0.3, 0.4) is 0 Å². The van der Waals surface area contributed by atoms with Crippen LogP contribution >= 0.6 is 0 Å². The molecule has 0 unspecified atom stereocenters. The van der Waals surface area contributed by atoms with Crippen molar-refractivity contribution in [3.8, 4) is 16.9 Å². The number of aromatic amines is 1. The largest absolute Gasteiger partial charge is 0.573 e. The summed E-state index contributed by atoms with van der Waals surface area (Å²) in [6.45, 7) is 0. The SMILES string of the molecule is O=C(O)c1ccc2c(-c3cccc(OC(F)(F)F)c3)c[nH]c2c1. The van der Waals surface area contributed by atoms with Gasteiger partial charge in [0.05, 0.1) is 5.56 Å². The third-order valence-electron chi connectivity index (χ3n) is 3.31. The molecule has 0 atom stereocenters. The minimum atomic E-state index is -4.75. The van der Waals surface area contributed by atoms with E-state index in [1.165, 1.54) is 30.3 Å². The zero-order chi connectivity index (χ0) is 16.6. The van der Waals surface area contributed by atoms with Crippen molar-refractivity contribution in [2.24, 2.45) is 0 Å². The zero-order valence-electron chi connectivity index (χ0n) is 11.5. The maximum atomic E-state index is 12.3. The molecule has 118 valence electrons. The number of nitrogens with one attached hydrogen (secondary N) is 1. The first-order valence-electron chi connectivity index (χ1n) is 6.54. The van der Waals surface area contributed by atoms with E-state index in [1.807, 2.05) is 0 Å². The Bertz CT molecular complexity index is 884. The van der Waals surface area contributed by atoms with Crippen LogP contribution in [0.2, 0.25) is 0 Å². The van der Waals surface area contributed by atoms with E-state index in [0.717, 1.165) is 0 Å². The van der Waals surface area contributed by atoms with E-state index in [1.54, 1.807) is 18.3 Å². The maximum Gasteiger partial charge on any atom is 0.573 e. The number of halogens is 3. The average molecular weight is 321 g/mol. The van der Waals surface area contributed by atoms with Gasteiger partial charge in [-0.3, -0.25) is 0 Å². The molecule has 2 N–H and O–H groups in total. The van der Waals surface area contributed by atoms with Crippen LogP contribution in [0.4, 0.5) is 13.2 Å². The third kappa shape index (κ3) is 3.13. The lowest BCUT2D eigenvalue weighted by molar-refractivity contribution is -0.274.